The van der Waals surface area contributed by atoms with Gasteiger partial charge in [0.15, 0.2) is 11.6 Å². The Balaban J connectivity index is 1.50. The number of halogens is 3. The van der Waals surface area contributed by atoms with Gasteiger partial charge in [0.25, 0.3) is 0 Å². The van der Waals surface area contributed by atoms with Crippen LogP contribution in [0.25, 0.3) is 0 Å². The maximum atomic E-state index is 14.5. The number of piperidine rings is 1. The average Bonchev–Trinajstić information content (AvgIpc) is 3.62. The lowest BCUT2D eigenvalue weighted by atomic mass is 9.82. The zero-order valence-corrected chi connectivity index (χ0v) is 23.3. The van der Waals surface area contributed by atoms with Crippen LogP contribution in [0.5, 0.6) is 0 Å². The Bertz CT molecular complexity index is 1110. The van der Waals surface area contributed by atoms with E-state index >= 15 is 0 Å². The molecule has 1 aromatic rings. The van der Waals surface area contributed by atoms with Gasteiger partial charge in [0, 0.05) is 36.6 Å². The fourth-order valence-corrected chi connectivity index (χ4v) is 7.95. The molecule has 37 heavy (non-hydrogen) atoms. The zero-order valence-electron chi connectivity index (χ0n) is 21.7. The van der Waals surface area contributed by atoms with Crippen molar-refractivity contribution in [3.05, 3.63) is 35.1 Å². The van der Waals surface area contributed by atoms with E-state index in [0.29, 0.717) is 31.7 Å². The number of rotatable bonds is 9. The number of amides is 1. The summed E-state index contributed by atoms with van der Waals surface area (Å²) in [5, 5.41) is -0.389. The minimum Gasteiger partial charge on any atom is -0.598 e. The van der Waals surface area contributed by atoms with Gasteiger partial charge in [0.1, 0.15) is 10.6 Å². The molecule has 1 N–H and O–H groups in total. The topological polar surface area (TPSA) is 92.8 Å². The minimum atomic E-state index is -3.46. The van der Waals surface area contributed by atoms with E-state index in [4.69, 9.17) is 0 Å². The molecule has 7 nitrogen and oxygen atoms in total. The van der Waals surface area contributed by atoms with E-state index in [0.717, 1.165) is 23.2 Å². The number of fused-ring (bicyclic) bond motifs is 2. The first kappa shape index (κ1) is 28.7. The van der Waals surface area contributed by atoms with Crippen molar-refractivity contribution in [2.75, 3.05) is 13.6 Å². The Morgan fingerprint density at radius 2 is 1.68 bits per heavy atom. The molecule has 1 amide bonds. The van der Waals surface area contributed by atoms with E-state index < -0.39 is 49.6 Å². The summed E-state index contributed by atoms with van der Waals surface area (Å²) in [6, 6.07) is 0.658. The first-order valence-corrected chi connectivity index (χ1v) is 15.4. The summed E-state index contributed by atoms with van der Waals surface area (Å²) in [6.07, 6.45) is 3.92. The SMILES string of the molecule is CN(CC(=O)N1C2CCC1CC([C@@H](Cc1cc(F)c(F)cc1F)N[S+]([O-])C(C)(C)C)C2)S(=O)(=O)C1CC1. The van der Waals surface area contributed by atoms with Crippen LogP contribution < -0.4 is 4.72 Å². The second-order valence-corrected chi connectivity index (χ2v) is 15.9. The Morgan fingerprint density at radius 1 is 1.11 bits per heavy atom. The standard InChI is InChI=1S/C25H36F3N3O4S2/c1-25(2,3)36(33)29-23(12-15-11-21(27)22(28)13-20(15)26)16-9-17-5-6-18(10-16)31(17)24(32)14-30(4)37(34,35)19-7-8-19/h11,13,16-19,23,29H,5-10,12,14H2,1-4H3/t16?,17?,18?,23-,36?/m1/s1. The molecular formula is C25H36F3N3O4S2. The van der Waals surface area contributed by atoms with Gasteiger partial charge in [-0.25, -0.2) is 21.6 Å². The predicted octanol–water partition coefficient (Wildman–Crippen LogP) is 3.26. The minimum absolute atomic E-state index is 0.0000643. The van der Waals surface area contributed by atoms with Crippen LogP contribution in [0.1, 0.15) is 64.9 Å². The largest absolute Gasteiger partial charge is 0.598 e. The fourth-order valence-electron chi connectivity index (χ4n) is 5.51. The summed E-state index contributed by atoms with van der Waals surface area (Å²) >= 11 is -1.49. The van der Waals surface area contributed by atoms with Gasteiger partial charge in [-0.2, -0.15) is 4.31 Å². The van der Waals surface area contributed by atoms with Crippen molar-refractivity contribution in [1.82, 2.24) is 13.9 Å². The fraction of sp³-hybridized carbons (Fsp3) is 0.720. The van der Waals surface area contributed by atoms with Crippen LogP contribution in [0.4, 0.5) is 13.2 Å². The summed E-state index contributed by atoms with van der Waals surface area (Å²) in [5.41, 5.74) is 0.0000643. The van der Waals surface area contributed by atoms with Crippen molar-refractivity contribution in [2.45, 2.75) is 93.8 Å². The lowest BCUT2D eigenvalue weighted by molar-refractivity contribution is -0.136. The summed E-state index contributed by atoms with van der Waals surface area (Å²) in [4.78, 5) is 15.0. The van der Waals surface area contributed by atoms with E-state index in [2.05, 4.69) is 4.72 Å². The Labute approximate surface area is 220 Å². The molecule has 3 fully saturated rings. The molecular weight excluding hydrogens is 527 g/mol. The van der Waals surface area contributed by atoms with Crippen molar-refractivity contribution in [1.29, 1.82) is 0 Å². The van der Waals surface area contributed by atoms with Crippen LogP contribution in [0, 0.1) is 23.4 Å². The highest BCUT2D eigenvalue weighted by molar-refractivity contribution is 7.90. The average molecular weight is 564 g/mol. The number of carbonyl (C=O) groups is 1. The highest BCUT2D eigenvalue weighted by Crippen LogP contribution is 2.41. The first-order valence-electron chi connectivity index (χ1n) is 12.8. The van der Waals surface area contributed by atoms with Gasteiger partial charge in [-0.05, 0) is 83.3 Å². The Hall–Kier alpha value is -1.34. The number of sulfonamides is 1. The lowest BCUT2D eigenvalue weighted by Gasteiger charge is -2.42. The number of hydrogen-bond donors (Lipinski definition) is 1. The normalized spacial score (nSPS) is 26.0. The third-order valence-electron chi connectivity index (χ3n) is 7.71. The number of nitrogens with one attached hydrogen (secondary N) is 1. The summed E-state index contributed by atoms with van der Waals surface area (Å²) in [7, 11) is -2.02. The van der Waals surface area contributed by atoms with Gasteiger partial charge >= 0.3 is 0 Å². The molecule has 4 rings (SSSR count). The molecule has 1 aliphatic carbocycles. The van der Waals surface area contributed by atoms with E-state index in [1.165, 1.54) is 7.05 Å². The molecule has 3 aliphatic rings. The van der Waals surface area contributed by atoms with Crippen LogP contribution in [-0.2, 0) is 32.6 Å². The van der Waals surface area contributed by atoms with Crippen LogP contribution in [0.15, 0.2) is 12.1 Å². The summed E-state index contributed by atoms with van der Waals surface area (Å²) in [6.45, 7) is 5.22. The highest BCUT2D eigenvalue weighted by Gasteiger charge is 2.47. The molecule has 12 heteroatoms. The molecule has 2 heterocycles. The van der Waals surface area contributed by atoms with Crippen molar-refractivity contribution in [2.24, 2.45) is 5.92 Å². The van der Waals surface area contributed by atoms with Gasteiger partial charge in [-0.1, -0.05) is 0 Å². The monoisotopic (exact) mass is 563 g/mol. The van der Waals surface area contributed by atoms with Gasteiger partial charge in [0.2, 0.25) is 15.9 Å². The van der Waals surface area contributed by atoms with Gasteiger partial charge in [-0.15, -0.1) is 4.72 Å². The van der Waals surface area contributed by atoms with Crippen molar-refractivity contribution in [3.8, 4) is 0 Å². The van der Waals surface area contributed by atoms with Gasteiger partial charge in [-0.3, -0.25) is 4.79 Å². The maximum Gasteiger partial charge on any atom is 0.238 e. The van der Waals surface area contributed by atoms with Gasteiger partial charge < -0.3 is 9.45 Å². The molecule has 1 aromatic carbocycles. The number of carbonyl (C=O) groups excluding carboxylic acids is 1. The van der Waals surface area contributed by atoms with E-state index in [1.54, 1.807) is 4.90 Å². The number of benzene rings is 1. The maximum absolute atomic E-state index is 14.5. The predicted molar refractivity (Wildman–Crippen MR) is 136 cm³/mol. The van der Waals surface area contributed by atoms with E-state index in [9.17, 15) is 30.9 Å². The van der Waals surface area contributed by atoms with Crippen molar-refractivity contribution < 1.29 is 30.9 Å². The second-order valence-electron chi connectivity index (χ2n) is 11.6. The van der Waals surface area contributed by atoms with Crippen molar-refractivity contribution >= 4 is 27.3 Å². The molecule has 3 unspecified atom stereocenters. The molecule has 0 spiro atoms. The summed E-state index contributed by atoms with van der Waals surface area (Å²) in [5.74, 6) is -3.58. The molecule has 208 valence electrons. The number of hydrogen-bond acceptors (Lipinski definition) is 5. The number of likely N-dealkylation sites (N-methyl/N-ethyl adjacent to an activating group) is 1. The van der Waals surface area contributed by atoms with E-state index in [-0.39, 0.29) is 47.7 Å². The van der Waals surface area contributed by atoms with Crippen LogP contribution in [0.3, 0.4) is 0 Å². The van der Waals surface area contributed by atoms with Crippen LogP contribution in [-0.4, -0.2) is 69.8 Å². The third-order valence-corrected chi connectivity index (χ3v) is 11.6. The Kier molecular flexibility index (Phi) is 8.27. The van der Waals surface area contributed by atoms with Crippen LogP contribution >= 0.6 is 0 Å². The zero-order chi connectivity index (χ0) is 27.3. The smallest absolute Gasteiger partial charge is 0.238 e. The summed E-state index contributed by atoms with van der Waals surface area (Å²) < 4.78 is 83.6. The van der Waals surface area contributed by atoms with Crippen LogP contribution in [0.2, 0.25) is 0 Å². The lowest BCUT2D eigenvalue weighted by Crippen LogP contribution is -2.55. The number of nitrogens with zero attached hydrogens (tertiary/aromatic N) is 2. The van der Waals surface area contributed by atoms with E-state index in [1.807, 2.05) is 20.8 Å². The molecule has 2 aliphatic heterocycles. The van der Waals surface area contributed by atoms with Gasteiger partial charge in [0.05, 0.1) is 17.8 Å². The molecule has 0 radical (unpaired) electrons. The Morgan fingerprint density at radius 3 is 2.22 bits per heavy atom. The third kappa shape index (κ3) is 6.29. The molecule has 4 atom stereocenters. The quantitative estimate of drug-likeness (QED) is 0.368. The molecule has 1 saturated carbocycles. The van der Waals surface area contributed by atoms with Crippen molar-refractivity contribution in [3.63, 3.8) is 0 Å². The highest BCUT2D eigenvalue weighted by atomic mass is 32.2. The molecule has 2 saturated heterocycles. The molecule has 0 aromatic heterocycles. The second kappa shape index (κ2) is 10.7. The first-order chi connectivity index (χ1) is 17.2. The molecule has 2 bridgehead atoms.